The van der Waals surface area contributed by atoms with Crippen LogP contribution < -0.4 is 20.0 Å². The average Bonchev–Trinajstić information content (AvgIpc) is 3.21. The van der Waals surface area contributed by atoms with Gasteiger partial charge >= 0.3 is 13.7 Å². The first-order valence-corrected chi connectivity index (χ1v) is 17.4. The number of morpholine rings is 1. The Morgan fingerprint density at radius 1 is 1.15 bits per heavy atom. The van der Waals surface area contributed by atoms with Crippen molar-refractivity contribution < 1.29 is 41.5 Å². The molecule has 3 aliphatic rings. The number of carbonyl (C=O) groups is 2. The van der Waals surface area contributed by atoms with E-state index in [2.05, 4.69) is 5.09 Å². The van der Waals surface area contributed by atoms with Gasteiger partial charge in [-0.25, -0.2) is 13.3 Å². The van der Waals surface area contributed by atoms with Crippen LogP contribution in [0.4, 0.5) is 8.78 Å². The van der Waals surface area contributed by atoms with Gasteiger partial charge < -0.3 is 18.9 Å². The summed E-state index contributed by atoms with van der Waals surface area (Å²) in [5.74, 6) is -3.79. The van der Waals surface area contributed by atoms with E-state index >= 15 is 4.39 Å². The molecule has 1 amide bonds. The summed E-state index contributed by atoms with van der Waals surface area (Å²) in [4.78, 5) is 42.5. The van der Waals surface area contributed by atoms with Gasteiger partial charge in [-0.15, -0.1) is 11.8 Å². The molecule has 0 aliphatic carbocycles. The maximum Gasteiger partial charge on any atom is 0.459 e. The van der Waals surface area contributed by atoms with Crippen LogP contribution in [0.25, 0.3) is 0 Å². The van der Waals surface area contributed by atoms with Gasteiger partial charge in [-0.2, -0.15) is 5.09 Å². The van der Waals surface area contributed by atoms with E-state index in [9.17, 15) is 23.3 Å². The molecular formula is C31H33F2N4O8PS. The van der Waals surface area contributed by atoms with Crippen molar-refractivity contribution in [3.8, 4) is 5.75 Å². The predicted octanol–water partition coefficient (Wildman–Crippen LogP) is 4.34. The summed E-state index contributed by atoms with van der Waals surface area (Å²) < 4.78 is 67.6. The van der Waals surface area contributed by atoms with Crippen molar-refractivity contribution in [1.82, 2.24) is 14.7 Å². The molecule has 1 fully saturated rings. The number of hydrogen-bond acceptors (Lipinski definition) is 10. The first kappa shape index (κ1) is 33.2. The van der Waals surface area contributed by atoms with E-state index in [1.165, 1.54) is 47.4 Å². The number of rotatable bonds is 8. The number of benzene rings is 2. The smallest absolute Gasteiger partial charge is 0.459 e. The zero-order chi connectivity index (χ0) is 33.7. The van der Waals surface area contributed by atoms with Crippen LogP contribution in [-0.2, 0) is 29.1 Å². The maximum absolute atomic E-state index is 15.5. The zero-order valence-electron chi connectivity index (χ0n) is 26.0. The van der Waals surface area contributed by atoms with Crippen LogP contribution in [0.3, 0.4) is 0 Å². The Hall–Kier alpha value is -3.75. The number of halogens is 2. The fourth-order valence-corrected chi connectivity index (χ4v) is 8.88. The maximum atomic E-state index is 15.5. The molecule has 1 aromatic heterocycles. The normalized spacial score (nSPS) is 20.3. The molecule has 6 rings (SSSR count). The lowest BCUT2D eigenvalue weighted by atomic mass is 9.93. The van der Waals surface area contributed by atoms with E-state index in [-0.39, 0.29) is 43.4 Å². The number of methoxy groups -OCH3 is 1. The second-order valence-corrected chi connectivity index (χ2v) is 14.2. The van der Waals surface area contributed by atoms with E-state index < -0.39 is 60.2 Å². The summed E-state index contributed by atoms with van der Waals surface area (Å²) >= 11 is 1.35. The van der Waals surface area contributed by atoms with Crippen LogP contribution in [0.2, 0.25) is 0 Å². The number of hydrogen-bond donors (Lipinski definition) is 1. The largest absolute Gasteiger partial charge is 0.468 e. The lowest BCUT2D eigenvalue weighted by Gasteiger charge is -2.51. The van der Waals surface area contributed by atoms with E-state index in [4.69, 9.17) is 18.5 Å². The Bertz CT molecular complexity index is 1860. The van der Waals surface area contributed by atoms with Gasteiger partial charge in [-0.3, -0.25) is 28.6 Å². The van der Waals surface area contributed by atoms with Gasteiger partial charge in [0.15, 0.2) is 17.3 Å². The molecular weight excluding hydrogens is 657 g/mol. The van der Waals surface area contributed by atoms with Crippen molar-refractivity contribution in [2.75, 3.05) is 38.5 Å². The average molecular weight is 691 g/mol. The molecule has 4 heterocycles. The van der Waals surface area contributed by atoms with Gasteiger partial charge in [0.2, 0.25) is 11.2 Å². The number of nitrogens with one attached hydrogen (secondary N) is 1. The SMILES string of the molecule is CCOP(=O)(NC(C)(C)C(=O)OC)Oc1c2n(ccc1=O)N([C@@H]1c3ccccc3SCc3c1ccc(F)c3F)[C@@H]1COCCN1C2=O. The third kappa shape index (κ3) is 5.84. The first-order valence-electron chi connectivity index (χ1n) is 14.8. The van der Waals surface area contributed by atoms with E-state index in [0.717, 1.165) is 29.7 Å². The topological polar surface area (TPSA) is 129 Å². The second kappa shape index (κ2) is 12.7. The minimum absolute atomic E-state index is 0.0601. The minimum Gasteiger partial charge on any atom is -0.468 e. The number of esters is 1. The second-order valence-electron chi connectivity index (χ2n) is 11.5. The third-order valence-electron chi connectivity index (χ3n) is 8.16. The van der Waals surface area contributed by atoms with Crippen molar-refractivity contribution in [2.24, 2.45) is 0 Å². The molecule has 47 heavy (non-hydrogen) atoms. The summed E-state index contributed by atoms with van der Waals surface area (Å²) in [6, 6.07) is 10.3. The van der Waals surface area contributed by atoms with Crippen LogP contribution in [-0.4, -0.2) is 66.6 Å². The molecule has 3 aliphatic heterocycles. The predicted molar refractivity (Wildman–Crippen MR) is 168 cm³/mol. The molecule has 1 unspecified atom stereocenters. The van der Waals surface area contributed by atoms with Gasteiger partial charge in [0.1, 0.15) is 11.7 Å². The third-order valence-corrected chi connectivity index (χ3v) is 11.1. The quantitative estimate of drug-likeness (QED) is 0.268. The van der Waals surface area contributed by atoms with Gasteiger partial charge in [0, 0.05) is 35.0 Å². The van der Waals surface area contributed by atoms with Gasteiger partial charge in [0.05, 0.1) is 33.0 Å². The number of amides is 1. The monoisotopic (exact) mass is 690 g/mol. The van der Waals surface area contributed by atoms with Crippen molar-refractivity contribution in [3.63, 3.8) is 0 Å². The van der Waals surface area contributed by atoms with Crippen molar-refractivity contribution in [3.05, 3.63) is 92.9 Å². The highest BCUT2D eigenvalue weighted by atomic mass is 32.2. The lowest BCUT2D eigenvalue weighted by Crippen LogP contribution is -2.66. The van der Waals surface area contributed by atoms with Crippen LogP contribution in [0.15, 0.2) is 58.4 Å². The number of fused-ring (bicyclic) bond motifs is 4. The molecule has 2 aromatic carbocycles. The molecule has 0 radical (unpaired) electrons. The Kier molecular flexibility index (Phi) is 8.96. The van der Waals surface area contributed by atoms with Gasteiger partial charge in [-0.05, 0) is 44.0 Å². The number of carbonyl (C=O) groups excluding carboxylic acids is 2. The summed E-state index contributed by atoms with van der Waals surface area (Å²) in [7, 11) is -3.36. The fraction of sp³-hybridized carbons (Fsp3) is 0.387. The van der Waals surface area contributed by atoms with Crippen LogP contribution in [0.5, 0.6) is 5.75 Å². The number of aromatic nitrogens is 1. The molecule has 250 valence electrons. The molecule has 12 nitrogen and oxygen atoms in total. The molecule has 16 heteroatoms. The van der Waals surface area contributed by atoms with Crippen molar-refractivity contribution in [2.45, 2.75) is 49.2 Å². The Morgan fingerprint density at radius 3 is 2.66 bits per heavy atom. The highest BCUT2D eigenvalue weighted by molar-refractivity contribution is 7.98. The molecule has 0 spiro atoms. The molecule has 1 saturated heterocycles. The van der Waals surface area contributed by atoms with E-state index in [1.807, 2.05) is 24.3 Å². The zero-order valence-corrected chi connectivity index (χ0v) is 27.7. The number of nitrogens with zero attached hydrogens (tertiary/aromatic N) is 3. The molecule has 1 N–H and O–H groups in total. The summed E-state index contributed by atoms with van der Waals surface area (Å²) in [6.45, 7) is 4.59. The highest BCUT2D eigenvalue weighted by Gasteiger charge is 2.48. The summed E-state index contributed by atoms with van der Waals surface area (Å²) in [6.07, 6.45) is 0.628. The Morgan fingerprint density at radius 2 is 1.91 bits per heavy atom. The minimum atomic E-state index is -4.52. The summed E-state index contributed by atoms with van der Waals surface area (Å²) in [5.41, 5.74) is -1.28. The van der Waals surface area contributed by atoms with Crippen LogP contribution in [0.1, 0.15) is 54.0 Å². The number of ether oxygens (including phenoxy) is 2. The Balaban J connectivity index is 1.58. The first-order chi connectivity index (χ1) is 22.4. The molecule has 3 aromatic rings. The Labute approximate surface area is 273 Å². The van der Waals surface area contributed by atoms with Gasteiger partial charge in [0.25, 0.3) is 5.91 Å². The lowest BCUT2D eigenvalue weighted by molar-refractivity contribution is -0.146. The van der Waals surface area contributed by atoms with Gasteiger partial charge in [-0.1, -0.05) is 24.3 Å². The van der Waals surface area contributed by atoms with E-state index in [1.54, 1.807) is 11.9 Å². The number of pyridine rings is 1. The van der Waals surface area contributed by atoms with Crippen molar-refractivity contribution >= 4 is 31.4 Å². The molecule has 3 atom stereocenters. The van der Waals surface area contributed by atoms with Crippen LogP contribution >= 0.6 is 19.5 Å². The molecule has 0 bridgehead atoms. The highest BCUT2D eigenvalue weighted by Crippen LogP contribution is 2.49. The molecule has 0 saturated carbocycles. The standard InChI is InChI=1S/C31H33F2N4O8PS/c1-5-44-46(41,34-31(2,3)30(40)42-4)45-28-22(38)12-13-36-27(28)29(39)35-14-15-43-16-24(35)37(36)26-18-10-11-21(32)25(33)20(18)17-47-23-9-7-6-8-19(23)26/h6-13,24,26H,5,14-17H2,1-4H3,(H,34,41)/t24-,26+,46?/m1/s1. The summed E-state index contributed by atoms with van der Waals surface area (Å²) in [5, 5.41) is 4.31. The van der Waals surface area contributed by atoms with E-state index in [0.29, 0.717) is 5.56 Å². The van der Waals surface area contributed by atoms with Crippen molar-refractivity contribution in [1.29, 1.82) is 0 Å². The van der Waals surface area contributed by atoms with Crippen LogP contribution in [0, 0.1) is 11.6 Å². The number of thioether (sulfide) groups is 1. The fourth-order valence-electron chi connectivity index (χ4n) is 6.07.